The Morgan fingerprint density at radius 1 is 1.12 bits per heavy atom. The number of ether oxygens (including phenoxy) is 1. The van der Waals surface area contributed by atoms with Crippen LogP contribution in [0.15, 0.2) is 48.7 Å². The number of pyridine rings is 1. The number of rotatable bonds is 1. The highest BCUT2D eigenvalue weighted by molar-refractivity contribution is 5.87. The molecule has 1 fully saturated rings. The van der Waals surface area contributed by atoms with Crippen LogP contribution < -0.4 is 4.90 Å². The van der Waals surface area contributed by atoms with Crippen molar-refractivity contribution in [1.29, 1.82) is 0 Å². The average Bonchev–Trinajstić information content (AvgIpc) is 2.57. The lowest BCUT2D eigenvalue weighted by molar-refractivity contribution is -0.0125. The molecule has 0 bridgehead atoms. The molecule has 1 aromatic heterocycles. The molecule has 24 heavy (non-hydrogen) atoms. The second kappa shape index (κ2) is 6.37. The van der Waals surface area contributed by atoms with E-state index in [1.165, 1.54) is 0 Å². The maximum absolute atomic E-state index is 12.2. The first-order chi connectivity index (χ1) is 11.5. The van der Waals surface area contributed by atoms with Gasteiger partial charge in [0.25, 0.3) is 0 Å². The van der Waals surface area contributed by atoms with Gasteiger partial charge in [-0.3, -0.25) is 4.90 Å². The van der Waals surface area contributed by atoms with E-state index in [2.05, 4.69) is 23.7 Å². The van der Waals surface area contributed by atoms with Crippen molar-refractivity contribution in [2.24, 2.45) is 5.92 Å². The standard InChI is InChI=1S/C20H20N2O2/c1-15-14-22(19(23)24-20(15,2)3)18-12-11-17(13-21-18)10-9-16-7-5-4-6-8-16/h4-8,11-13,15H,14H2,1-3H3. The zero-order valence-electron chi connectivity index (χ0n) is 14.1. The number of anilines is 1. The molecule has 1 amide bonds. The normalized spacial score (nSPS) is 19.2. The number of aromatic nitrogens is 1. The maximum Gasteiger partial charge on any atom is 0.416 e. The van der Waals surface area contributed by atoms with Crippen LogP contribution in [0.4, 0.5) is 10.6 Å². The van der Waals surface area contributed by atoms with Crippen LogP contribution in [0, 0.1) is 17.8 Å². The van der Waals surface area contributed by atoms with Gasteiger partial charge in [-0.15, -0.1) is 0 Å². The number of cyclic esters (lactones) is 1. The summed E-state index contributed by atoms with van der Waals surface area (Å²) < 4.78 is 5.51. The molecular weight excluding hydrogens is 300 g/mol. The summed E-state index contributed by atoms with van der Waals surface area (Å²) in [5.74, 6) is 6.98. The molecule has 1 saturated heterocycles. The molecule has 1 unspecified atom stereocenters. The maximum atomic E-state index is 12.2. The number of carbonyl (C=O) groups is 1. The summed E-state index contributed by atoms with van der Waals surface area (Å²) in [6.07, 6.45) is 1.33. The van der Waals surface area contributed by atoms with E-state index in [0.717, 1.165) is 11.1 Å². The molecule has 0 N–H and O–H groups in total. The third kappa shape index (κ3) is 3.41. The predicted octanol–water partition coefficient (Wildman–Crippen LogP) is 3.85. The summed E-state index contributed by atoms with van der Waals surface area (Å²) in [7, 11) is 0. The lowest BCUT2D eigenvalue weighted by Gasteiger charge is -2.41. The Hall–Kier alpha value is -2.80. The SMILES string of the molecule is CC1CN(c2ccc(C#Cc3ccccc3)cn2)C(=O)OC1(C)C. The van der Waals surface area contributed by atoms with Crippen molar-refractivity contribution in [2.45, 2.75) is 26.4 Å². The van der Waals surface area contributed by atoms with Gasteiger partial charge in [-0.2, -0.15) is 0 Å². The minimum absolute atomic E-state index is 0.217. The van der Waals surface area contributed by atoms with Crippen LogP contribution >= 0.6 is 0 Å². The van der Waals surface area contributed by atoms with Crippen molar-refractivity contribution in [3.8, 4) is 11.8 Å². The Labute approximate surface area is 142 Å². The van der Waals surface area contributed by atoms with Gasteiger partial charge in [-0.1, -0.05) is 37.0 Å². The summed E-state index contributed by atoms with van der Waals surface area (Å²) in [6.45, 7) is 6.53. The van der Waals surface area contributed by atoms with Gasteiger partial charge in [-0.25, -0.2) is 9.78 Å². The highest BCUT2D eigenvalue weighted by Crippen LogP contribution is 2.30. The van der Waals surface area contributed by atoms with Gasteiger partial charge in [0.2, 0.25) is 0 Å². The fourth-order valence-corrected chi connectivity index (χ4v) is 2.42. The van der Waals surface area contributed by atoms with Gasteiger partial charge in [0.15, 0.2) is 0 Å². The number of carbonyl (C=O) groups excluding carboxylic acids is 1. The zero-order valence-corrected chi connectivity index (χ0v) is 14.1. The number of hydrogen-bond acceptors (Lipinski definition) is 3. The minimum atomic E-state index is -0.450. The van der Waals surface area contributed by atoms with Crippen LogP contribution in [-0.4, -0.2) is 23.2 Å². The third-order valence-electron chi connectivity index (χ3n) is 4.36. The number of hydrogen-bond donors (Lipinski definition) is 0. The zero-order chi connectivity index (χ0) is 17.2. The monoisotopic (exact) mass is 320 g/mol. The average molecular weight is 320 g/mol. The van der Waals surface area contributed by atoms with Gasteiger partial charge in [0, 0.05) is 29.8 Å². The first-order valence-corrected chi connectivity index (χ1v) is 7.99. The fourth-order valence-electron chi connectivity index (χ4n) is 2.42. The van der Waals surface area contributed by atoms with E-state index >= 15 is 0 Å². The van der Waals surface area contributed by atoms with E-state index in [9.17, 15) is 4.79 Å². The van der Waals surface area contributed by atoms with Gasteiger partial charge in [0.1, 0.15) is 11.4 Å². The summed E-state index contributed by atoms with van der Waals surface area (Å²) >= 11 is 0. The van der Waals surface area contributed by atoms with Crippen molar-refractivity contribution < 1.29 is 9.53 Å². The van der Waals surface area contributed by atoms with Gasteiger partial charge in [0.05, 0.1) is 0 Å². The summed E-state index contributed by atoms with van der Waals surface area (Å²) in [4.78, 5) is 18.1. The second-order valence-corrected chi connectivity index (χ2v) is 6.50. The first-order valence-electron chi connectivity index (χ1n) is 7.99. The molecule has 1 atom stereocenters. The van der Waals surface area contributed by atoms with Gasteiger partial charge in [-0.05, 0) is 38.1 Å². The van der Waals surface area contributed by atoms with Crippen molar-refractivity contribution >= 4 is 11.9 Å². The molecule has 1 aromatic carbocycles. The minimum Gasteiger partial charge on any atom is -0.443 e. The number of nitrogens with zero attached hydrogens (tertiary/aromatic N) is 2. The van der Waals surface area contributed by atoms with Gasteiger partial charge >= 0.3 is 6.09 Å². The molecule has 122 valence electrons. The molecule has 1 aliphatic rings. The topological polar surface area (TPSA) is 42.4 Å². The lowest BCUT2D eigenvalue weighted by atomic mass is 9.91. The van der Waals surface area contributed by atoms with E-state index in [1.807, 2.05) is 50.2 Å². The van der Waals surface area contributed by atoms with Crippen molar-refractivity contribution in [3.63, 3.8) is 0 Å². The Bertz CT molecular complexity index is 786. The molecule has 0 spiro atoms. The van der Waals surface area contributed by atoms with E-state index in [4.69, 9.17) is 4.74 Å². The molecule has 4 heteroatoms. The predicted molar refractivity (Wildman–Crippen MR) is 93.7 cm³/mol. The van der Waals surface area contributed by atoms with Crippen molar-refractivity contribution in [3.05, 3.63) is 59.8 Å². The van der Waals surface area contributed by atoms with Crippen LogP contribution in [0.25, 0.3) is 0 Å². The van der Waals surface area contributed by atoms with Crippen LogP contribution in [0.2, 0.25) is 0 Å². The second-order valence-electron chi connectivity index (χ2n) is 6.50. The summed E-state index contributed by atoms with van der Waals surface area (Å²) in [6, 6.07) is 13.5. The molecule has 1 aliphatic heterocycles. The van der Waals surface area contributed by atoms with E-state index in [0.29, 0.717) is 12.4 Å². The lowest BCUT2D eigenvalue weighted by Crippen LogP contribution is -2.52. The van der Waals surface area contributed by atoms with Crippen molar-refractivity contribution in [1.82, 2.24) is 4.98 Å². The molecule has 3 rings (SSSR count). The number of benzene rings is 1. The highest BCUT2D eigenvalue weighted by atomic mass is 16.6. The quantitative estimate of drug-likeness (QED) is 0.750. The smallest absolute Gasteiger partial charge is 0.416 e. The number of amides is 1. The molecule has 2 aromatic rings. The Morgan fingerprint density at radius 3 is 2.50 bits per heavy atom. The molecular formula is C20H20N2O2. The van der Waals surface area contributed by atoms with E-state index in [-0.39, 0.29) is 12.0 Å². The Balaban J connectivity index is 1.76. The Morgan fingerprint density at radius 2 is 1.83 bits per heavy atom. The third-order valence-corrected chi connectivity index (χ3v) is 4.36. The Kier molecular flexibility index (Phi) is 4.26. The summed E-state index contributed by atoms with van der Waals surface area (Å²) in [5, 5.41) is 0. The highest BCUT2D eigenvalue weighted by Gasteiger charge is 2.39. The van der Waals surface area contributed by atoms with Crippen LogP contribution in [0.5, 0.6) is 0 Å². The molecule has 2 heterocycles. The molecule has 0 aliphatic carbocycles. The van der Waals surface area contributed by atoms with Gasteiger partial charge < -0.3 is 4.74 Å². The molecule has 0 radical (unpaired) electrons. The van der Waals surface area contributed by atoms with Crippen LogP contribution in [0.3, 0.4) is 0 Å². The van der Waals surface area contributed by atoms with E-state index < -0.39 is 5.60 Å². The first kappa shape index (κ1) is 16.1. The molecule has 0 saturated carbocycles. The molecule has 4 nitrogen and oxygen atoms in total. The van der Waals surface area contributed by atoms with Crippen LogP contribution in [0.1, 0.15) is 31.9 Å². The van der Waals surface area contributed by atoms with E-state index in [1.54, 1.807) is 17.2 Å². The largest absolute Gasteiger partial charge is 0.443 e. The fraction of sp³-hybridized carbons (Fsp3) is 0.300. The van der Waals surface area contributed by atoms with Crippen molar-refractivity contribution in [2.75, 3.05) is 11.4 Å². The van der Waals surface area contributed by atoms with Crippen LogP contribution in [-0.2, 0) is 4.74 Å². The summed E-state index contributed by atoms with van der Waals surface area (Å²) in [5.41, 5.74) is 1.31.